The minimum atomic E-state index is -0.0736. The van der Waals surface area contributed by atoms with E-state index in [1.54, 1.807) is 0 Å². The zero-order valence-corrected chi connectivity index (χ0v) is 11.2. The summed E-state index contributed by atoms with van der Waals surface area (Å²) in [5.41, 5.74) is 0.944. The minimum Gasteiger partial charge on any atom is -0.349 e. The summed E-state index contributed by atoms with van der Waals surface area (Å²) in [4.78, 5) is 11.8. The van der Waals surface area contributed by atoms with Crippen LogP contribution in [0.3, 0.4) is 0 Å². The molecule has 0 aliphatic rings. The molecular weight excluding hydrogens is 236 g/mol. The van der Waals surface area contributed by atoms with Crippen LogP contribution in [0.2, 0.25) is 5.02 Å². The van der Waals surface area contributed by atoms with Crippen molar-refractivity contribution in [3.8, 4) is 0 Å². The number of halogens is 1. The maximum absolute atomic E-state index is 11.8. The van der Waals surface area contributed by atoms with Crippen molar-refractivity contribution >= 4 is 17.5 Å². The van der Waals surface area contributed by atoms with Gasteiger partial charge in [-0.15, -0.1) is 0 Å². The Morgan fingerprint density at radius 1 is 1.35 bits per heavy atom. The number of carbonyl (C=O) groups is 1. The maximum atomic E-state index is 11.8. The van der Waals surface area contributed by atoms with Crippen molar-refractivity contribution in [2.45, 2.75) is 19.9 Å². The topological polar surface area (TPSA) is 41.1 Å². The van der Waals surface area contributed by atoms with E-state index in [9.17, 15) is 4.79 Å². The van der Waals surface area contributed by atoms with Gasteiger partial charge in [0.2, 0.25) is 5.91 Å². The van der Waals surface area contributed by atoms with Gasteiger partial charge in [0.1, 0.15) is 0 Å². The highest BCUT2D eigenvalue weighted by atomic mass is 35.5. The van der Waals surface area contributed by atoms with Crippen molar-refractivity contribution in [2.75, 3.05) is 13.6 Å². The summed E-state index contributed by atoms with van der Waals surface area (Å²) in [6.07, 6.45) is 0. The third kappa shape index (κ3) is 4.02. The molecule has 0 fully saturated rings. The first-order valence-corrected chi connectivity index (χ1v) is 6.13. The van der Waals surface area contributed by atoms with Crippen LogP contribution in [0.15, 0.2) is 24.3 Å². The molecule has 1 unspecified atom stereocenters. The molecule has 0 spiro atoms. The molecular formula is C13H19ClN2O. The first-order chi connectivity index (χ1) is 8.06. The van der Waals surface area contributed by atoms with Crippen LogP contribution in [0.4, 0.5) is 0 Å². The Labute approximate surface area is 108 Å². The molecule has 0 aromatic heterocycles. The van der Waals surface area contributed by atoms with Crippen molar-refractivity contribution in [3.63, 3.8) is 0 Å². The predicted octanol–water partition coefficient (Wildman–Crippen LogP) is 2.37. The summed E-state index contributed by atoms with van der Waals surface area (Å²) in [7, 11) is 1.83. The standard InChI is InChI=1S/C13H19ClN2O/c1-9(8-15-3)13(17)16-10(2)11-6-4-5-7-12(11)14/h4-7,9-10,15H,8H2,1-3H3,(H,16,17)/t9?,10-/m1/s1. The monoisotopic (exact) mass is 254 g/mol. The minimum absolute atomic E-state index is 0.0340. The first-order valence-electron chi connectivity index (χ1n) is 5.75. The van der Waals surface area contributed by atoms with Gasteiger partial charge in [-0.1, -0.05) is 36.7 Å². The molecule has 0 aliphatic carbocycles. The van der Waals surface area contributed by atoms with Gasteiger partial charge in [-0.05, 0) is 25.6 Å². The lowest BCUT2D eigenvalue weighted by atomic mass is 10.1. The SMILES string of the molecule is CNCC(C)C(=O)N[C@H](C)c1ccccc1Cl. The van der Waals surface area contributed by atoms with Crippen LogP contribution < -0.4 is 10.6 Å². The van der Waals surface area contributed by atoms with E-state index < -0.39 is 0 Å². The van der Waals surface area contributed by atoms with Crippen LogP contribution in [-0.2, 0) is 4.79 Å². The third-order valence-corrected chi connectivity index (χ3v) is 3.03. The molecule has 17 heavy (non-hydrogen) atoms. The normalized spacial score (nSPS) is 14.1. The van der Waals surface area contributed by atoms with E-state index in [0.29, 0.717) is 11.6 Å². The predicted molar refractivity (Wildman–Crippen MR) is 71.1 cm³/mol. The summed E-state index contributed by atoms with van der Waals surface area (Å²) in [6, 6.07) is 7.48. The number of benzene rings is 1. The molecule has 2 atom stereocenters. The van der Waals surface area contributed by atoms with E-state index in [2.05, 4.69) is 10.6 Å². The Morgan fingerprint density at radius 2 is 2.00 bits per heavy atom. The average molecular weight is 255 g/mol. The van der Waals surface area contributed by atoms with Crippen LogP contribution in [0.5, 0.6) is 0 Å². The molecule has 1 amide bonds. The van der Waals surface area contributed by atoms with E-state index in [4.69, 9.17) is 11.6 Å². The summed E-state index contributed by atoms with van der Waals surface area (Å²) >= 11 is 6.08. The van der Waals surface area contributed by atoms with E-state index in [1.807, 2.05) is 45.2 Å². The van der Waals surface area contributed by atoms with Crippen molar-refractivity contribution in [2.24, 2.45) is 5.92 Å². The largest absolute Gasteiger partial charge is 0.349 e. The first kappa shape index (κ1) is 14.0. The van der Waals surface area contributed by atoms with Gasteiger partial charge < -0.3 is 10.6 Å². The molecule has 94 valence electrons. The van der Waals surface area contributed by atoms with Crippen molar-refractivity contribution in [1.82, 2.24) is 10.6 Å². The van der Waals surface area contributed by atoms with Crippen LogP contribution >= 0.6 is 11.6 Å². The number of carbonyl (C=O) groups excluding carboxylic acids is 1. The number of amides is 1. The number of rotatable bonds is 5. The second kappa shape index (κ2) is 6.62. The Bertz CT molecular complexity index is 381. The van der Waals surface area contributed by atoms with E-state index >= 15 is 0 Å². The molecule has 0 saturated carbocycles. The summed E-state index contributed by atoms with van der Waals surface area (Å²) in [5.74, 6) is -0.0169. The van der Waals surface area contributed by atoms with Gasteiger partial charge in [0.15, 0.2) is 0 Å². The Hall–Kier alpha value is -1.06. The van der Waals surface area contributed by atoms with E-state index in [0.717, 1.165) is 5.56 Å². The number of hydrogen-bond acceptors (Lipinski definition) is 2. The molecule has 1 aromatic rings. The lowest BCUT2D eigenvalue weighted by molar-refractivity contribution is -0.125. The molecule has 3 nitrogen and oxygen atoms in total. The smallest absolute Gasteiger partial charge is 0.224 e. The van der Waals surface area contributed by atoms with Gasteiger partial charge in [-0.25, -0.2) is 0 Å². The average Bonchev–Trinajstić information content (AvgIpc) is 2.29. The second-order valence-corrected chi connectivity index (χ2v) is 4.62. The van der Waals surface area contributed by atoms with Gasteiger partial charge in [0.05, 0.1) is 6.04 Å². The highest BCUT2D eigenvalue weighted by Crippen LogP contribution is 2.22. The van der Waals surface area contributed by atoms with Crippen LogP contribution in [0, 0.1) is 5.92 Å². The summed E-state index contributed by atoms with van der Waals surface area (Å²) in [6.45, 7) is 4.50. The number of nitrogens with one attached hydrogen (secondary N) is 2. The van der Waals surface area contributed by atoms with Gasteiger partial charge in [-0.2, -0.15) is 0 Å². The molecule has 0 aliphatic heterocycles. The highest BCUT2D eigenvalue weighted by Gasteiger charge is 2.16. The van der Waals surface area contributed by atoms with Crippen molar-refractivity contribution in [3.05, 3.63) is 34.9 Å². The maximum Gasteiger partial charge on any atom is 0.224 e. The molecule has 0 bridgehead atoms. The van der Waals surface area contributed by atoms with Crippen LogP contribution in [-0.4, -0.2) is 19.5 Å². The van der Waals surface area contributed by atoms with Gasteiger partial charge in [0, 0.05) is 17.5 Å². The zero-order chi connectivity index (χ0) is 12.8. The Kier molecular flexibility index (Phi) is 5.45. The van der Waals surface area contributed by atoms with Gasteiger partial charge in [-0.3, -0.25) is 4.79 Å². The highest BCUT2D eigenvalue weighted by molar-refractivity contribution is 6.31. The fourth-order valence-corrected chi connectivity index (χ4v) is 1.96. The molecule has 0 radical (unpaired) electrons. The molecule has 4 heteroatoms. The Morgan fingerprint density at radius 3 is 2.59 bits per heavy atom. The lowest BCUT2D eigenvalue weighted by Gasteiger charge is -2.18. The molecule has 0 saturated heterocycles. The van der Waals surface area contributed by atoms with E-state index in [1.165, 1.54) is 0 Å². The molecule has 0 heterocycles. The number of hydrogen-bond donors (Lipinski definition) is 2. The summed E-state index contributed by atoms with van der Waals surface area (Å²) < 4.78 is 0. The van der Waals surface area contributed by atoms with Gasteiger partial charge in [0.25, 0.3) is 0 Å². The molecule has 1 rings (SSSR count). The van der Waals surface area contributed by atoms with Crippen molar-refractivity contribution in [1.29, 1.82) is 0 Å². The second-order valence-electron chi connectivity index (χ2n) is 4.21. The zero-order valence-electron chi connectivity index (χ0n) is 10.5. The summed E-state index contributed by atoms with van der Waals surface area (Å²) in [5, 5.41) is 6.63. The lowest BCUT2D eigenvalue weighted by Crippen LogP contribution is -2.35. The van der Waals surface area contributed by atoms with Crippen molar-refractivity contribution < 1.29 is 4.79 Å². The van der Waals surface area contributed by atoms with Gasteiger partial charge >= 0.3 is 0 Å². The fraction of sp³-hybridized carbons (Fsp3) is 0.462. The Balaban J connectivity index is 2.63. The molecule has 1 aromatic carbocycles. The molecule has 2 N–H and O–H groups in total. The quantitative estimate of drug-likeness (QED) is 0.847. The fourth-order valence-electron chi connectivity index (χ4n) is 1.66. The van der Waals surface area contributed by atoms with Crippen LogP contribution in [0.1, 0.15) is 25.5 Å². The van der Waals surface area contributed by atoms with Crippen LogP contribution in [0.25, 0.3) is 0 Å². The van der Waals surface area contributed by atoms with E-state index in [-0.39, 0.29) is 17.9 Å². The third-order valence-electron chi connectivity index (χ3n) is 2.69.